The lowest BCUT2D eigenvalue weighted by molar-refractivity contribution is 0.676. The number of nitrogens with one attached hydrogen (secondary N) is 1. The predicted molar refractivity (Wildman–Crippen MR) is 47.0 cm³/mol. The van der Waals surface area contributed by atoms with Crippen LogP contribution < -0.4 is 5.14 Å². The molecule has 5 heteroatoms. The summed E-state index contributed by atoms with van der Waals surface area (Å²) >= 11 is 0. The maximum atomic E-state index is 10.8. The van der Waals surface area contributed by atoms with Crippen molar-refractivity contribution in [1.82, 2.24) is 0 Å². The summed E-state index contributed by atoms with van der Waals surface area (Å²) in [5, 5.41) is 5.05. The van der Waals surface area contributed by atoms with E-state index in [0.29, 0.717) is 4.90 Å². The van der Waals surface area contributed by atoms with Gasteiger partial charge < -0.3 is 0 Å². The van der Waals surface area contributed by atoms with E-state index in [0.717, 1.165) is 0 Å². The molecule has 0 saturated heterocycles. The number of nitrogens with two attached hydrogens (primary N) is 1. The Bertz CT molecular complexity index is 309. The van der Waals surface area contributed by atoms with Gasteiger partial charge in [-0.1, -0.05) is 18.2 Å². The second-order valence-corrected chi connectivity index (χ2v) is 3.59. The van der Waals surface area contributed by atoms with E-state index in [2.05, 4.69) is 0 Å². The zero-order valence-corrected chi connectivity index (χ0v) is 7.32. The van der Waals surface area contributed by atoms with Crippen LogP contribution >= 0.6 is 12.4 Å². The molecule has 0 aliphatic carbocycles. The first-order valence-corrected chi connectivity index (χ1v) is 4.34. The largest absolute Gasteiger partial charge is 0.241 e. The molecule has 0 spiro atoms. The van der Waals surface area contributed by atoms with Crippen LogP contribution in [0.1, 0.15) is 0 Å². The van der Waals surface area contributed by atoms with E-state index in [4.69, 9.17) is 9.92 Å². The second kappa shape index (κ2) is 3.71. The molecule has 3 nitrogen and oxygen atoms in total. The lowest BCUT2D eigenvalue weighted by Gasteiger charge is -1.97. The molecule has 0 heterocycles. The van der Waals surface area contributed by atoms with E-state index in [9.17, 15) is 4.21 Å². The van der Waals surface area contributed by atoms with Crippen LogP contribution in [0.3, 0.4) is 0 Å². The summed E-state index contributed by atoms with van der Waals surface area (Å²) in [6.07, 6.45) is 0. The molecule has 0 radical (unpaired) electrons. The van der Waals surface area contributed by atoms with Crippen molar-refractivity contribution in [2.75, 3.05) is 0 Å². The van der Waals surface area contributed by atoms with E-state index >= 15 is 0 Å². The molecule has 0 fully saturated rings. The Morgan fingerprint density at radius 1 is 1.27 bits per heavy atom. The van der Waals surface area contributed by atoms with Gasteiger partial charge in [0.1, 0.15) is 9.92 Å². The van der Waals surface area contributed by atoms with Crippen LogP contribution in [0.4, 0.5) is 0 Å². The Hall–Kier alpha value is -0.580. The topological polar surface area (TPSA) is 66.9 Å². The minimum absolute atomic E-state index is 0. The maximum Gasteiger partial charge on any atom is 0.132 e. The van der Waals surface area contributed by atoms with Crippen molar-refractivity contribution in [1.29, 1.82) is 4.78 Å². The Morgan fingerprint density at radius 3 is 2.00 bits per heavy atom. The SMILES string of the molecule is Cl.N=S(N)(=O)c1ccccc1. The molecule has 0 aromatic heterocycles. The fraction of sp³-hybridized carbons (Fsp3) is 0. The van der Waals surface area contributed by atoms with Crippen molar-refractivity contribution >= 4 is 22.3 Å². The highest BCUT2D eigenvalue weighted by atomic mass is 35.5. The van der Waals surface area contributed by atoms with Crippen LogP contribution in [0, 0.1) is 4.78 Å². The summed E-state index contributed by atoms with van der Waals surface area (Å²) in [6.45, 7) is 0. The highest BCUT2D eigenvalue weighted by Gasteiger charge is 1.99. The maximum absolute atomic E-state index is 10.8. The van der Waals surface area contributed by atoms with Crippen LogP contribution in [0.5, 0.6) is 0 Å². The third-order valence-corrected chi connectivity index (χ3v) is 2.07. The third-order valence-electron chi connectivity index (χ3n) is 1.09. The molecule has 1 aromatic rings. The molecule has 62 valence electrons. The zero-order chi connectivity index (χ0) is 7.61. The van der Waals surface area contributed by atoms with Gasteiger partial charge in [-0.15, -0.1) is 12.4 Å². The molecule has 0 amide bonds. The van der Waals surface area contributed by atoms with Gasteiger partial charge in [-0.3, -0.25) is 0 Å². The molecule has 0 aliphatic heterocycles. The fourth-order valence-electron chi connectivity index (χ4n) is 0.623. The van der Waals surface area contributed by atoms with E-state index in [1.807, 2.05) is 0 Å². The van der Waals surface area contributed by atoms with E-state index in [1.165, 1.54) is 0 Å². The number of hydrogen-bond acceptors (Lipinski definition) is 2. The molecule has 1 rings (SSSR count). The van der Waals surface area contributed by atoms with Gasteiger partial charge in [0.15, 0.2) is 0 Å². The van der Waals surface area contributed by atoms with E-state index in [1.54, 1.807) is 30.3 Å². The summed E-state index contributed by atoms with van der Waals surface area (Å²) in [5.41, 5.74) is 0. The van der Waals surface area contributed by atoms with Crippen LogP contribution in [-0.2, 0) is 9.92 Å². The summed E-state index contributed by atoms with van der Waals surface area (Å²) < 4.78 is 17.8. The summed E-state index contributed by atoms with van der Waals surface area (Å²) in [5.74, 6) is 0. The fourth-order valence-corrected chi connectivity index (χ4v) is 1.18. The highest BCUT2D eigenvalue weighted by molar-refractivity contribution is 7.90. The minimum atomic E-state index is -3.00. The van der Waals surface area contributed by atoms with Crippen molar-refractivity contribution < 1.29 is 4.21 Å². The molecule has 0 bridgehead atoms. The zero-order valence-electron chi connectivity index (χ0n) is 5.69. The first kappa shape index (κ1) is 10.4. The van der Waals surface area contributed by atoms with Gasteiger partial charge in [0.05, 0.1) is 4.90 Å². The van der Waals surface area contributed by atoms with Crippen LogP contribution in [0.2, 0.25) is 0 Å². The van der Waals surface area contributed by atoms with Crippen molar-refractivity contribution in [2.45, 2.75) is 4.90 Å². The van der Waals surface area contributed by atoms with Crippen LogP contribution in [0.25, 0.3) is 0 Å². The van der Waals surface area contributed by atoms with Crippen molar-refractivity contribution in [3.05, 3.63) is 30.3 Å². The molecule has 3 N–H and O–H groups in total. The first-order valence-electron chi connectivity index (χ1n) is 2.72. The molecule has 1 unspecified atom stereocenters. The Balaban J connectivity index is 0.000001000. The second-order valence-electron chi connectivity index (χ2n) is 1.91. The van der Waals surface area contributed by atoms with Crippen molar-refractivity contribution in [2.24, 2.45) is 5.14 Å². The van der Waals surface area contributed by atoms with Crippen LogP contribution in [0.15, 0.2) is 35.2 Å². The molecular formula is C6H9ClN2OS. The molecule has 0 saturated carbocycles. The van der Waals surface area contributed by atoms with Gasteiger partial charge >= 0.3 is 0 Å². The molecule has 11 heavy (non-hydrogen) atoms. The standard InChI is InChI=1S/C6H8N2OS.ClH/c7-10(8,9)6-4-2-1-3-5-6;/h1-5H,(H3,7,8,9);1H. The third kappa shape index (κ3) is 2.88. The Kier molecular flexibility index (Phi) is 3.51. The lowest BCUT2D eigenvalue weighted by Crippen LogP contribution is -2.09. The predicted octanol–water partition coefficient (Wildman–Crippen LogP) is 1.39. The first-order chi connectivity index (χ1) is 4.61. The summed E-state index contributed by atoms with van der Waals surface area (Å²) in [4.78, 5) is 0.370. The number of hydrogen-bond donors (Lipinski definition) is 2. The average molecular weight is 193 g/mol. The van der Waals surface area contributed by atoms with Crippen LogP contribution in [-0.4, -0.2) is 4.21 Å². The molecule has 1 atom stereocenters. The normalized spacial score (nSPS) is 14.6. The number of rotatable bonds is 1. The van der Waals surface area contributed by atoms with Gasteiger partial charge in [0.25, 0.3) is 0 Å². The minimum Gasteiger partial charge on any atom is -0.241 e. The van der Waals surface area contributed by atoms with Gasteiger partial charge in [-0.25, -0.2) is 14.1 Å². The quantitative estimate of drug-likeness (QED) is 0.694. The van der Waals surface area contributed by atoms with Gasteiger partial charge in [0.2, 0.25) is 0 Å². The highest BCUT2D eigenvalue weighted by Crippen LogP contribution is 2.03. The summed E-state index contributed by atoms with van der Waals surface area (Å²) in [6, 6.07) is 8.35. The van der Waals surface area contributed by atoms with Gasteiger partial charge in [-0.05, 0) is 12.1 Å². The Morgan fingerprint density at radius 2 is 1.73 bits per heavy atom. The molecule has 1 aromatic carbocycles. The van der Waals surface area contributed by atoms with Gasteiger partial charge in [-0.2, -0.15) is 0 Å². The molecular weight excluding hydrogens is 184 g/mol. The van der Waals surface area contributed by atoms with E-state index < -0.39 is 9.92 Å². The monoisotopic (exact) mass is 192 g/mol. The number of halogens is 1. The lowest BCUT2D eigenvalue weighted by atomic mass is 10.4. The number of benzene rings is 1. The average Bonchev–Trinajstić information content (AvgIpc) is 1.88. The molecule has 0 aliphatic rings. The van der Waals surface area contributed by atoms with Gasteiger partial charge in [0, 0.05) is 0 Å². The van der Waals surface area contributed by atoms with Crippen molar-refractivity contribution in [3.8, 4) is 0 Å². The van der Waals surface area contributed by atoms with Crippen molar-refractivity contribution in [3.63, 3.8) is 0 Å². The summed E-state index contributed by atoms with van der Waals surface area (Å²) in [7, 11) is -3.00. The smallest absolute Gasteiger partial charge is 0.132 e. The van der Waals surface area contributed by atoms with E-state index in [-0.39, 0.29) is 12.4 Å². The Labute approximate surface area is 72.1 Å².